The summed E-state index contributed by atoms with van der Waals surface area (Å²) in [4.78, 5) is 12.9. The topological polar surface area (TPSA) is 109 Å². The van der Waals surface area contributed by atoms with Crippen LogP contribution >= 0.6 is 0 Å². The minimum absolute atomic E-state index is 0.147. The minimum Gasteiger partial charge on any atom is -0.492 e. The standard InChI is InChI=1S/C27H24F4N8O2/c1-38-15-34-24(19-10-17(4-5-33-19)23-26(27(29,30)31)36-37-35-23)25(38)22-20(40-9-8-39-7-6-32-14-39)11-18(28)12-21(22)41-13-16-2-3-16/h4-7,10-12,14-16H,2-3,8-9,13H2,1H3,(H,35,36,37). The molecule has 1 saturated carbocycles. The number of hydrogen-bond acceptors (Lipinski definition) is 7. The van der Waals surface area contributed by atoms with E-state index >= 15 is 0 Å². The molecule has 41 heavy (non-hydrogen) atoms. The van der Waals surface area contributed by atoms with Crippen LogP contribution in [-0.4, -0.2) is 52.7 Å². The molecule has 1 aromatic carbocycles. The van der Waals surface area contributed by atoms with E-state index in [4.69, 9.17) is 9.47 Å². The Hall–Kier alpha value is -4.75. The highest BCUT2D eigenvalue weighted by Gasteiger charge is 2.37. The first-order valence-electron chi connectivity index (χ1n) is 12.8. The zero-order valence-electron chi connectivity index (χ0n) is 21.8. The Morgan fingerprint density at radius 3 is 2.56 bits per heavy atom. The molecule has 0 amide bonds. The van der Waals surface area contributed by atoms with Crippen LogP contribution in [0.1, 0.15) is 18.5 Å². The molecular weight excluding hydrogens is 544 g/mol. The van der Waals surface area contributed by atoms with Crippen LogP contribution in [-0.2, 0) is 19.8 Å². The van der Waals surface area contributed by atoms with E-state index in [1.165, 1.54) is 30.5 Å². The lowest BCUT2D eigenvalue weighted by Crippen LogP contribution is -2.09. The third-order valence-electron chi connectivity index (χ3n) is 6.65. The van der Waals surface area contributed by atoms with Crippen LogP contribution in [0, 0.1) is 11.7 Å². The van der Waals surface area contributed by atoms with E-state index in [0.717, 1.165) is 12.8 Å². The number of hydrogen-bond donors (Lipinski definition) is 1. The normalized spacial score (nSPS) is 13.5. The van der Waals surface area contributed by atoms with E-state index in [1.54, 1.807) is 36.7 Å². The van der Waals surface area contributed by atoms with Crippen molar-refractivity contribution < 1.29 is 27.0 Å². The number of benzene rings is 1. The fourth-order valence-corrected chi connectivity index (χ4v) is 4.44. The van der Waals surface area contributed by atoms with Gasteiger partial charge in [-0.1, -0.05) is 5.21 Å². The number of aryl methyl sites for hydroxylation is 1. The number of ether oxygens (including phenoxy) is 2. The van der Waals surface area contributed by atoms with Crippen LogP contribution in [0.25, 0.3) is 33.9 Å². The Labute approximate surface area is 231 Å². The molecule has 1 aliphatic rings. The van der Waals surface area contributed by atoms with Crippen molar-refractivity contribution >= 4 is 0 Å². The molecule has 0 spiro atoms. The Balaban J connectivity index is 1.43. The fraction of sp³-hybridized carbons (Fsp3) is 0.296. The highest BCUT2D eigenvalue weighted by atomic mass is 19.4. The number of aromatic nitrogens is 8. The van der Waals surface area contributed by atoms with Gasteiger partial charge in [-0.25, -0.2) is 14.4 Å². The Kier molecular flexibility index (Phi) is 6.89. The predicted molar refractivity (Wildman–Crippen MR) is 138 cm³/mol. The van der Waals surface area contributed by atoms with Gasteiger partial charge < -0.3 is 18.6 Å². The lowest BCUT2D eigenvalue weighted by Gasteiger charge is -2.18. The summed E-state index contributed by atoms with van der Waals surface area (Å²) < 4.78 is 71.1. The van der Waals surface area contributed by atoms with Gasteiger partial charge >= 0.3 is 6.18 Å². The van der Waals surface area contributed by atoms with Gasteiger partial charge in [-0.3, -0.25) is 10.1 Å². The van der Waals surface area contributed by atoms with Gasteiger partial charge in [0.1, 0.15) is 35.3 Å². The van der Waals surface area contributed by atoms with E-state index in [-0.39, 0.29) is 35.1 Å². The summed E-state index contributed by atoms with van der Waals surface area (Å²) in [5, 5.41) is 8.91. The first-order valence-corrected chi connectivity index (χ1v) is 12.8. The van der Waals surface area contributed by atoms with Crippen molar-refractivity contribution in [3.05, 3.63) is 67.0 Å². The fourth-order valence-electron chi connectivity index (χ4n) is 4.44. The van der Waals surface area contributed by atoms with Gasteiger partial charge in [0.15, 0.2) is 5.69 Å². The van der Waals surface area contributed by atoms with Gasteiger partial charge in [0.25, 0.3) is 0 Å². The first kappa shape index (κ1) is 26.5. The summed E-state index contributed by atoms with van der Waals surface area (Å²) in [6, 6.07) is 5.43. The third-order valence-corrected chi connectivity index (χ3v) is 6.65. The maximum absolute atomic E-state index is 14.8. The van der Waals surface area contributed by atoms with E-state index in [9.17, 15) is 17.6 Å². The molecule has 1 N–H and O–H groups in total. The van der Waals surface area contributed by atoms with Gasteiger partial charge in [-0.15, -0.1) is 5.10 Å². The lowest BCUT2D eigenvalue weighted by atomic mass is 10.0. The number of halogens is 4. The van der Waals surface area contributed by atoms with Crippen LogP contribution in [0.5, 0.6) is 11.5 Å². The molecule has 10 nitrogen and oxygen atoms in total. The third kappa shape index (κ3) is 5.62. The largest absolute Gasteiger partial charge is 0.492 e. The smallest absolute Gasteiger partial charge is 0.435 e. The first-order chi connectivity index (χ1) is 19.8. The number of imidazole rings is 2. The molecule has 5 aromatic rings. The molecule has 6 rings (SSSR count). The van der Waals surface area contributed by atoms with Crippen LogP contribution < -0.4 is 9.47 Å². The summed E-state index contributed by atoms with van der Waals surface area (Å²) in [6.45, 7) is 1.09. The molecule has 14 heteroatoms. The van der Waals surface area contributed by atoms with E-state index in [2.05, 4.69) is 25.3 Å². The number of H-pyrrole nitrogens is 1. The summed E-state index contributed by atoms with van der Waals surface area (Å²) in [5.74, 6) is 0.359. The van der Waals surface area contributed by atoms with Crippen molar-refractivity contribution in [3.63, 3.8) is 0 Å². The average molecular weight is 569 g/mol. The SMILES string of the molecule is Cn1cnc(-c2cc(-c3nn[nH]c3C(F)(F)F)ccn2)c1-c1c(OCCn2ccnc2)cc(F)cc1OCC1CC1. The van der Waals surface area contributed by atoms with Crippen LogP contribution in [0.2, 0.25) is 0 Å². The Morgan fingerprint density at radius 1 is 1.02 bits per heavy atom. The second-order valence-corrected chi connectivity index (χ2v) is 9.70. The molecule has 1 aliphatic carbocycles. The summed E-state index contributed by atoms with van der Waals surface area (Å²) in [7, 11) is 1.75. The predicted octanol–water partition coefficient (Wildman–Crippen LogP) is 5.16. The zero-order chi connectivity index (χ0) is 28.6. The molecule has 0 saturated heterocycles. The summed E-state index contributed by atoms with van der Waals surface area (Å²) in [6.07, 6.45) is 5.40. The zero-order valence-corrected chi connectivity index (χ0v) is 21.8. The molecule has 4 aromatic heterocycles. The van der Waals surface area contributed by atoms with Crippen LogP contribution in [0.4, 0.5) is 17.6 Å². The van der Waals surface area contributed by atoms with Gasteiger partial charge in [-0.2, -0.15) is 13.2 Å². The maximum Gasteiger partial charge on any atom is 0.435 e. The van der Waals surface area contributed by atoms with E-state index in [0.29, 0.717) is 36.0 Å². The Bertz CT molecular complexity index is 1660. The van der Waals surface area contributed by atoms with Gasteiger partial charge in [0.2, 0.25) is 0 Å². The van der Waals surface area contributed by atoms with Crippen LogP contribution in [0.15, 0.2) is 55.5 Å². The highest BCUT2D eigenvalue weighted by Crippen LogP contribution is 2.44. The van der Waals surface area contributed by atoms with Crippen molar-refractivity contribution in [2.24, 2.45) is 13.0 Å². The molecule has 0 atom stereocenters. The van der Waals surface area contributed by atoms with Crippen LogP contribution in [0.3, 0.4) is 0 Å². The Morgan fingerprint density at radius 2 is 1.83 bits per heavy atom. The number of nitrogens with one attached hydrogen (secondary N) is 1. The van der Waals surface area contributed by atoms with Crippen molar-refractivity contribution in [1.29, 1.82) is 0 Å². The van der Waals surface area contributed by atoms with Crippen molar-refractivity contribution in [2.75, 3.05) is 13.2 Å². The van der Waals surface area contributed by atoms with Crippen molar-refractivity contribution in [1.82, 2.24) is 39.5 Å². The average Bonchev–Trinajstić information content (AvgIpc) is 3.30. The van der Waals surface area contributed by atoms with Gasteiger partial charge in [0, 0.05) is 43.3 Å². The summed E-state index contributed by atoms with van der Waals surface area (Å²) >= 11 is 0. The van der Waals surface area contributed by atoms with Crippen molar-refractivity contribution in [3.8, 4) is 45.4 Å². The van der Waals surface area contributed by atoms with Crippen molar-refractivity contribution in [2.45, 2.75) is 25.6 Å². The second-order valence-electron chi connectivity index (χ2n) is 9.70. The molecule has 0 unspecified atom stereocenters. The number of alkyl halides is 3. The monoisotopic (exact) mass is 568 g/mol. The van der Waals surface area contributed by atoms with Gasteiger partial charge in [-0.05, 0) is 30.9 Å². The lowest BCUT2D eigenvalue weighted by molar-refractivity contribution is -0.140. The summed E-state index contributed by atoms with van der Waals surface area (Å²) in [5.41, 5.74) is 0.279. The molecule has 0 aliphatic heterocycles. The number of pyridine rings is 1. The van der Waals surface area contributed by atoms with E-state index in [1.807, 2.05) is 9.67 Å². The van der Waals surface area contributed by atoms with E-state index < -0.39 is 17.7 Å². The molecule has 0 bridgehead atoms. The second kappa shape index (κ2) is 10.7. The minimum atomic E-state index is -4.68. The molecule has 212 valence electrons. The van der Waals surface area contributed by atoms with Gasteiger partial charge in [0.05, 0.1) is 42.8 Å². The molecular formula is C27H24F4N8O2. The maximum atomic E-state index is 14.8. The molecule has 1 fully saturated rings. The highest BCUT2D eigenvalue weighted by molar-refractivity contribution is 5.85. The number of rotatable bonds is 10. The molecule has 4 heterocycles. The quantitative estimate of drug-likeness (QED) is 0.232. The number of nitrogens with zero attached hydrogens (tertiary/aromatic N) is 7. The number of aromatic amines is 1. The molecule has 0 radical (unpaired) electrons.